The lowest BCUT2D eigenvalue weighted by Gasteiger charge is -2.15. The Kier molecular flexibility index (Phi) is 8.20. The molecule has 1 amide bonds. The first-order valence-corrected chi connectivity index (χ1v) is 11.3. The molecule has 0 bridgehead atoms. The first-order valence-electron chi connectivity index (χ1n) is 10.1. The van der Waals surface area contributed by atoms with Crippen LogP contribution >= 0.6 is 28.1 Å². The topological polar surface area (TPSA) is 50.4 Å². The standard InChI is InChI=1S/C25H25BrN2O2S/c1-17(2)20-10-6-7-11-22(20)27-25(31)28-24(29)19-12-13-23(21(26)16-19)30-15-14-18-8-4-3-5-9-18/h3-13,16-17H,14-15H2,1-2H3,(H2,27,28,29,31). The monoisotopic (exact) mass is 496 g/mol. The molecule has 2 N–H and O–H groups in total. The lowest BCUT2D eigenvalue weighted by Crippen LogP contribution is -2.34. The van der Waals surface area contributed by atoms with E-state index in [1.54, 1.807) is 18.2 Å². The molecule has 0 atom stereocenters. The first kappa shape index (κ1) is 23.0. The molecule has 0 unspecified atom stereocenters. The highest BCUT2D eigenvalue weighted by molar-refractivity contribution is 9.10. The number of benzene rings is 3. The molecule has 3 aromatic rings. The molecule has 0 aliphatic carbocycles. The Morgan fingerprint density at radius 3 is 2.45 bits per heavy atom. The highest BCUT2D eigenvalue weighted by Gasteiger charge is 2.13. The van der Waals surface area contributed by atoms with Gasteiger partial charge in [0.1, 0.15) is 5.75 Å². The van der Waals surface area contributed by atoms with Gasteiger partial charge in [0.15, 0.2) is 5.11 Å². The van der Waals surface area contributed by atoms with E-state index >= 15 is 0 Å². The molecule has 0 saturated carbocycles. The SMILES string of the molecule is CC(C)c1ccccc1NC(=S)NC(=O)c1ccc(OCCc2ccccc2)c(Br)c1. The third-order valence-electron chi connectivity index (χ3n) is 4.74. The molecule has 4 nitrogen and oxygen atoms in total. The van der Waals surface area contributed by atoms with Crippen molar-refractivity contribution < 1.29 is 9.53 Å². The molecule has 3 aromatic carbocycles. The largest absolute Gasteiger partial charge is 0.492 e. The van der Waals surface area contributed by atoms with Gasteiger partial charge in [-0.1, -0.05) is 62.4 Å². The van der Waals surface area contributed by atoms with E-state index in [2.05, 4.69) is 52.5 Å². The summed E-state index contributed by atoms with van der Waals surface area (Å²) in [6, 6.07) is 23.3. The van der Waals surface area contributed by atoms with Crippen LogP contribution in [0, 0.1) is 0 Å². The van der Waals surface area contributed by atoms with Crippen molar-refractivity contribution in [3.63, 3.8) is 0 Å². The number of carbonyl (C=O) groups is 1. The zero-order valence-corrected chi connectivity index (χ0v) is 19.9. The summed E-state index contributed by atoms with van der Waals surface area (Å²) < 4.78 is 6.57. The zero-order chi connectivity index (χ0) is 22.2. The number of hydrogen-bond acceptors (Lipinski definition) is 3. The van der Waals surface area contributed by atoms with Crippen LogP contribution in [0.25, 0.3) is 0 Å². The summed E-state index contributed by atoms with van der Waals surface area (Å²) in [5.74, 6) is 0.752. The Morgan fingerprint density at radius 2 is 1.74 bits per heavy atom. The molecular formula is C25H25BrN2O2S. The Balaban J connectivity index is 1.57. The van der Waals surface area contributed by atoms with Crippen LogP contribution < -0.4 is 15.4 Å². The highest BCUT2D eigenvalue weighted by atomic mass is 79.9. The van der Waals surface area contributed by atoms with Crippen molar-refractivity contribution in [2.45, 2.75) is 26.2 Å². The van der Waals surface area contributed by atoms with Gasteiger partial charge < -0.3 is 10.1 Å². The van der Waals surface area contributed by atoms with Crippen LogP contribution in [-0.4, -0.2) is 17.6 Å². The fourth-order valence-electron chi connectivity index (χ4n) is 3.13. The summed E-state index contributed by atoms with van der Waals surface area (Å²) in [5.41, 5.74) is 3.74. The molecule has 0 fully saturated rings. The molecule has 0 aromatic heterocycles. The summed E-state index contributed by atoms with van der Waals surface area (Å²) in [6.07, 6.45) is 0.813. The number of nitrogens with one attached hydrogen (secondary N) is 2. The van der Waals surface area contributed by atoms with Crippen LogP contribution in [0.5, 0.6) is 5.75 Å². The van der Waals surface area contributed by atoms with E-state index in [-0.39, 0.29) is 11.0 Å². The van der Waals surface area contributed by atoms with Gasteiger partial charge in [-0.3, -0.25) is 10.1 Å². The first-order chi connectivity index (χ1) is 14.9. The van der Waals surface area contributed by atoms with Crippen molar-refractivity contribution in [2.24, 2.45) is 0 Å². The maximum absolute atomic E-state index is 12.6. The number of amides is 1. The molecule has 0 heterocycles. The number of thiocarbonyl (C=S) groups is 1. The molecular weight excluding hydrogens is 472 g/mol. The average Bonchev–Trinajstić information content (AvgIpc) is 2.75. The van der Waals surface area contributed by atoms with Crippen LogP contribution in [0.4, 0.5) is 5.69 Å². The summed E-state index contributed by atoms with van der Waals surface area (Å²) in [5, 5.41) is 6.13. The summed E-state index contributed by atoms with van der Waals surface area (Å²) in [7, 11) is 0. The number of anilines is 1. The lowest BCUT2D eigenvalue weighted by molar-refractivity contribution is 0.0977. The van der Waals surface area contributed by atoms with Gasteiger partial charge in [-0.25, -0.2) is 0 Å². The fourth-order valence-corrected chi connectivity index (χ4v) is 3.82. The summed E-state index contributed by atoms with van der Waals surface area (Å²) in [6.45, 7) is 4.78. The van der Waals surface area contributed by atoms with Gasteiger partial charge in [0.2, 0.25) is 0 Å². The Labute approximate surface area is 197 Å². The Bertz CT molecular complexity index is 1050. The molecule has 6 heteroatoms. The Morgan fingerprint density at radius 1 is 1.03 bits per heavy atom. The fraction of sp³-hybridized carbons (Fsp3) is 0.200. The minimum absolute atomic E-state index is 0.261. The molecule has 0 radical (unpaired) electrons. The van der Waals surface area contributed by atoms with Crippen molar-refractivity contribution in [3.05, 3.63) is 94.0 Å². The second-order valence-electron chi connectivity index (χ2n) is 7.38. The molecule has 3 rings (SSSR count). The molecule has 31 heavy (non-hydrogen) atoms. The summed E-state index contributed by atoms with van der Waals surface area (Å²) in [4.78, 5) is 12.6. The molecule has 0 saturated heterocycles. The molecule has 0 spiro atoms. The van der Waals surface area contributed by atoms with E-state index in [0.29, 0.717) is 23.8 Å². The van der Waals surface area contributed by atoms with E-state index in [1.807, 2.05) is 42.5 Å². The number of para-hydroxylation sites is 1. The van der Waals surface area contributed by atoms with Gasteiger partial charge in [0.05, 0.1) is 11.1 Å². The third-order valence-corrected chi connectivity index (χ3v) is 5.57. The second kappa shape index (κ2) is 11.1. The molecule has 0 aliphatic heterocycles. The van der Waals surface area contributed by atoms with E-state index in [0.717, 1.165) is 22.1 Å². The predicted molar refractivity (Wildman–Crippen MR) is 134 cm³/mol. The van der Waals surface area contributed by atoms with Crippen LogP contribution in [0.2, 0.25) is 0 Å². The predicted octanol–water partition coefficient (Wildman–Crippen LogP) is 6.32. The van der Waals surface area contributed by atoms with Crippen molar-refractivity contribution in [1.29, 1.82) is 0 Å². The normalized spacial score (nSPS) is 10.6. The lowest BCUT2D eigenvalue weighted by atomic mass is 10.0. The highest BCUT2D eigenvalue weighted by Crippen LogP contribution is 2.26. The van der Waals surface area contributed by atoms with Crippen LogP contribution in [-0.2, 0) is 6.42 Å². The van der Waals surface area contributed by atoms with Gasteiger partial charge in [-0.2, -0.15) is 0 Å². The number of halogens is 1. The van der Waals surface area contributed by atoms with E-state index in [4.69, 9.17) is 17.0 Å². The quantitative estimate of drug-likeness (QED) is 0.375. The van der Waals surface area contributed by atoms with Gasteiger partial charge in [-0.05, 0) is 69.5 Å². The maximum atomic E-state index is 12.6. The molecule has 160 valence electrons. The zero-order valence-electron chi connectivity index (χ0n) is 17.5. The third kappa shape index (κ3) is 6.64. The van der Waals surface area contributed by atoms with Gasteiger partial charge >= 0.3 is 0 Å². The van der Waals surface area contributed by atoms with Crippen LogP contribution in [0.1, 0.15) is 41.3 Å². The minimum atomic E-state index is -0.281. The van der Waals surface area contributed by atoms with Crippen molar-refractivity contribution in [2.75, 3.05) is 11.9 Å². The van der Waals surface area contributed by atoms with Crippen LogP contribution in [0.3, 0.4) is 0 Å². The number of rotatable bonds is 7. The average molecular weight is 497 g/mol. The summed E-state index contributed by atoms with van der Waals surface area (Å²) >= 11 is 8.84. The number of hydrogen-bond donors (Lipinski definition) is 2. The van der Waals surface area contributed by atoms with Gasteiger partial charge in [-0.15, -0.1) is 0 Å². The van der Waals surface area contributed by atoms with Gasteiger partial charge in [0, 0.05) is 17.7 Å². The minimum Gasteiger partial charge on any atom is -0.492 e. The Hall–Kier alpha value is -2.70. The number of ether oxygens (including phenoxy) is 1. The van der Waals surface area contributed by atoms with E-state index in [1.165, 1.54) is 5.56 Å². The van der Waals surface area contributed by atoms with E-state index < -0.39 is 0 Å². The maximum Gasteiger partial charge on any atom is 0.257 e. The number of carbonyl (C=O) groups excluding carboxylic acids is 1. The van der Waals surface area contributed by atoms with Crippen molar-refractivity contribution in [1.82, 2.24) is 5.32 Å². The van der Waals surface area contributed by atoms with Crippen molar-refractivity contribution in [3.8, 4) is 5.75 Å². The van der Waals surface area contributed by atoms with Crippen LogP contribution in [0.15, 0.2) is 77.3 Å². The molecule has 0 aliphatic rings. The van der Waals surface area contributed by atoms with E-state index in [9.17, 15) is 4.79 Å². The van der Waals surface area contributed by atoms with Crippen molar-refractivity contribution >= 4 is 44.9 Å². The van der Waals surface area contributed by atoms with Gasteiger partial charge in [0.25, 0.3) is 5.91 Å². The second-order valence-corrected chi connectivity index (χ2v) is 8.64. The smallest absolute Gasteiger partial charge is 0.257 e.